The molecule has 0 saturated carbocycles. The van der Waals surface area contributed by atoms with Crippen molar-refractivity contribution in [2.45, 2.75) is 25.8 Å². The Hall–Kier alpha value is -3.02. The molecule has 0 aliphatic heterocycles. The molecule has 1 aromatic heterocycles. The number of halogens is 2. The number of amides is 1. The molecule has 0 unspecified atom stereocenters. The first-order chi connectivity index (χ1) is 12.6. The summed E-state index contributed by atoms with van der Waals surface area (Å²) in [6.07, 6.45) is 2.54. The molecular weight excluding hydrogens is 336 g/mol. The number of carbonyl (C=O) groups excluding carboxylic acids is 1. The number of hydrogen-bond donors (Lipinski definition) is 1. The van der Waals surface area contributed by atoms with Crippen molar-refractivity contribution in [3.63, 3.8) is 0 Å². The molecule has 0 atom stereocenters. The number of aromatic nitrogens is 2. The Morgan fingerprint density at radius 1 is 1.08 bits per heavy atom. The standard InChI is InChI=1S/C20H17F2N3O/c21-14-8-10-15(11-9-14)25-18-7-3-5-16(18)19(24-25)20(26)23-12-13-4-1-2-6-17(13)22/h1-2,4,6,8-11H,3,5,7,12H2,(H,23,26). The lowest BCUT2D eigenvalue weighted by molar-refractivity contribution is 0.0944. The van der Waals surface area contributed by atoms with Gasteiger partial charge >= 0.3 is 0 Å². The number of fused-ring (bicyclic) bond motifs is 1. The number of hydrogen-bond acceptors (Lipinski definition) is 2. The smallest absolute Gasteiger partial charge is 0.272 e. The molecule has 3 aromatic rings. The molecule has 1 N–H and O–H groups in total. The maximum absolute atomic E-state index is 13.7. The van der Waals surface area contributed by atoms with Gasteiger partial charge in [0.2, 0.25) is 0 Å². The van der Waals surface area contributed by atoms with Gasteiger partial charge in [-0.05, 0) is 49.6 Å². The van der Waals surface area contributed by atoms with Crippen LogP contribution in [-0.4, -0.2) is 15.7 Å². The van der Waals surface area contributed by atoms with Gasteiger partial charge in [-0.3, -0.25) is 4.79 Å². The van der Waals surface area contributed by atoms with Gasteiger partial charge in [-0.1, -0.05) is 18.2 Å². The first-order valence-corrected chi connectivity index (χ1v) is 8.52. The van der Waals surface area contributed by atoms with E-state index in [1.807, 2.05) is 0 Å². The van der Waals surface area contributed by atoms with Crippen molar-refractivity contribution in [2.24, 2.45) is 0 Å². The summed E-state index contributed by atoms with van der Waals surface area (Å²) >= 11 is 0. The second kappa shape index (κ2) is 6.71. The van der Waals surface area contributed by atoms with E-state index in [4.69, 9.17) is 0 Å². The largest absolute Gasteiger partial charge is 0.346 e. The van der Waals surface area contributed by atoms with Crippen molar-refractivity contribution in [3.05, 3.63) is 82.7 Å². The van der Waals surface area contributed by atoms with E-state index in [0.717, 1.165) is 36.2 Å². The van der Waals surface area contributed by atoms with Gasteiger partial charge in [0, 0.05) is 23.4 Å². The minimum atomic E-state index is -0.352. The molecule has 4 nitrogen and oxygen atoms in total. The highest BCUT2D eigenvalue weighted by Gasteiger charge is 2.26. The maximum atomic E-state index is 13.7. The lowest BCUT2D eigenvalue weighted by atomic mass is 10.1. The zero-order valence-corrected chi connectivity index (χ0v) is 14.0. The van der Waals surface area contributed by atoms with Crippen LogP contribution < -0.4 is 5.32 Å². The first-order valence-electron chi connectivity index (χ1n) is 8.52. The van der Waals surface area contributed by atoms with Gasteiger partial charge in [0.05, 0.1) is 5.69 Å². The van der Waals surface area contributed by atoms with Crippen molar-refractivity contribution >= 4 is 5.91 Å². The van der Waals surface area contributed by atoms with E-state index in [0.29, 0.717) is 11.3 Å². The fraction of sp³-hybridized carbons (Fsp3) is 0.200. The molecule has 132 valence electrons. The normalized spacial score (nSPS) is 12.8. The fourth-order valence-electron chi connectivity index (χ4n) is 3.32. The number of rotatable bonds is 4. The predicted octanol–water partition coefficient (Wildman–Crippen LogP) is 3.57. The number of benzene rings is 2. The molecular formula is C20H17F2N3O. The van der Waals surface area contributed by atoms with Gasteiger partial charge in [-0.15, -0.1) is 0 Å². The van der Waals surface area contributed by atoms with Crippen molar-refractivity contribution < 1.29 is 13.6 Å². The molecule has 1 amide bonds. The van der Waals surface area contributed by atoms with Crippen LogP contribution in [0.3, 0.4) is 0 Å². The summed E-state index contributed by atoms with van der Waals surface area (Å²) in [5, 5.41) is 7.20. The third-order valence-electron chi connectivity index (χ3n) is 4.61. The minimum Gasteiger partial charge on any atom is -0.346 e. The average molecular weight is 353 g/mol. The molecule has 26 heavy (non-hydrogen) atoms. The Morgan fingerprint density at radius 3 is 2.62 bits per heavy atom. The van der Waals surface area contributed by atoms with Crippen LogP contribution in [0.1, 0.15) is 33.7 Å². The van der Waals surface area contributed by atoms with Gasteiger partial charge in [-0.2, -0.15) is 5.10 Å². The van der Waals surface area contributed by atoms with Crippen molar-refractivity contribution in [1.82, 2.24) is 15.1 Å². The van der Waals surface area contributed by atoms with E-state index in [1.165, 1.54) is 18.2 Å². The zero-order valence-electron chi connectivity index (χ0n) is 14.0. The molecule has 1 heterocycles. The topological polar surface area (TPSA) is 46.9 Å². The van der Waals surface area contributed by atoms with Gasteiger partial charge in [-0.25, -0.2) is 13.5 Å². The van der Waals surface area contributed by atoms with Crippen LogP contribution in [0, 0.1) is 11.6 Å². The van der Waals surface area contributed by atoms with Crippen LogP contribution in [0.25, 0.3) is 5.69 Å². The Kier molecular flexibility index (Phi) is 4.24. The monoisotopic (exact) mass is 353 g/mol. The molecule has 4 rings (SSSR count). The van der Waals surface area contributed by atoms with Gasteiger partial charge < -0.3 is 5.32 Å². The van der Waals surface area contributed by atoms with E-state index in [2.05, 4.69) is 10.4 Å². The predicted molar refractivity (Wildman–Crippen MR) is 93.1 cm³/mol. The van der Waals surface area contributed by atoms with Crippen LogP contribution in [0.5, 0.6) is 0 Å². The SMILES string of the molecule is O=C(NCc1ccccc1F)c1nn(-c2ccc(F)cc2)c2c1CCC2. The second-order valence-electron chi connectivity index (χ2n) is 6.29. The van der Waals surface area contributed by atoms with Crippen LogP contribution in [0.2, 0.25) is 0 Å². The summed E-state index contributed by atoms with van der Waals surface area (Å²) in [6, 6.07) is 12.4. The summed E-state index contributed by atoms with van der Waals surface area (Å²) in [4.78, 5) is 12.6. The molecule has 1 aliphatic carbocycles. The Bertz CT molecular complexity index is 964. The van der Waals surface area contributed by atoms with E-state index >= 15 is 0 Å². The number of carbonyl (C=O) groups is 1. The molecule has 1 aliphatic rings. The van der Waals surface area contributed by atoms with Crippen LogP contribution in [0.4, 0.5) is 8.78 Å². The molecule has 0 radical (unpaired) electrons. The van der Waals surface area contributed by atoms with Crippen molar-refractivity contribution in [1.29, 1.82) is 0 Å². The second-order valence-corrected chi connectivity index (χ2v) is 6.29. The third kappa shape index (κ3) is 2.98. The highest BCUT2D eigenvalue weighted by Crippen LogP contribution is 2.28. The minimum absolute atomic E-state index is 0.101. The molecule has 0 fully saturated rings. The number of nitrogens with one attached hydrogen (secondary N) is 1. The van der Waals surface area contributed by atoms with E-state index < -0.39 is 0 Å². The maximum Gasteiger partial charge on any atom is 0.272 e. The van der Waals surface area contributed by atoms with E-state index in [9.17, 15) is 13.6 Å². The summed E-state index contributed by atoms with van der Waals surface area (Å²) in [6.45, 7) is 0.101. The van der Waals surface area contributed by atoms with E-state index in [1.54, 1.807) is 35.0 Å². The summed E-state index contributed by atoms with van der Waals surface area (Å²) in [5.74, 6) is -0.998. The summed E-state index contributed by atoms with van der Waals surface area (Å²) < 4.78 is 28.6. The Balaban J connectivity index is 1.61. The molecule has 6 heteroatoms. The van der Waals surface area contributed by atoms with Gasteiger partial charge in [0.15, 0.2) is 5.69 Å². The first kappa shape index (κ1) is 16.4. The van der Waals surface area contributed by atoms with Crippen LogP contribution in [0.15, 0.2) is 48.5 Å². The van der Waals surface area contributed by atoms with Gasteiger partial charge in [0.1, 0.15) is 11.6 Å². The van der Waals surface area contributed by atoms with Crippen LogP contribution >= 0.6 is 0 Å². The fourth-order valence-corrected chi connectivity index (χ4v) is 3.32. The highest BCUT2D eigenvalue weighted by molar-refractivity contribution is 5.94. The zero-order chi connectivity index (χ0) is 18.1. The third-order valence-corrected chi connectivity index (χ3v) is 4.61. The van der Waals surface area contributed by atoms with Crippen molar-refractivity contribution in [3.8, 4) is 5.69 Å². The number of nitrogens with zero attached hydrogens (tertiary/aromatic N) is 2. The van der Waals surface area contributed by atoms with Crippen LogP contribution in [-0.2, 0) is 19.4 Å². The Labute approximate surface area is 149 Å². The molecule has 0 bridgehead atoms. The summed E-state index contributed by atoms with van der Waals surface area (Å²) in [5.41, 5.74) is 3.40. The lowest BCUT2D eigenvalue weighted by Crippen LogP contribution is -2.25. The highest BCUT2D eigenvalue weighted by atomic mass is 19.1. The molecule has 0 spiro atoms. The lowest BCUT2D eigenvalue weighted by Gasteiger charge is -2.06. The van der Waals surface area contributed by atoms with E-state index in [-0.39, 0.29) is 24.1 Å². The molecule has 2 aromatic carbocycles. The quantitative estimate of drug-likeness (QED) is 0.779. The average Bonchev–Trinajstić information content (AvgIpc) is 3.24. The summed E-state index contributed by atoms with van der Waals surface area (Å²) in [7, 11) is 0. The Morgan fingerprint density at radius 2 is 1.85 bits per heavy atom. The van der Waals surface area contributed by atoms with Gasteiger partial charge in [0.25, 0.3) is 5.91 Å². The molecule has 0 saturated heterocycles. The van der Waals surface area contributed by atoms with Crippen molar-refractivity contribution in [2.75, 3.05) is 0 Å².